The topological polar surface area (TPSA) is 61.8 Å². The van der Waals surface area contributed by atoms with E-state index in [4.69, 9.17) is 4.74 Å². The summed E-state index contributed by atoms with van der Waals surface area (Å²) >= 11 is 0. The van der Waals surface area contributed by atoms with E-state index in [0.717, 1.165) is 11.3 Å². The molecule has 5 nitrogen and oxygen atoms in total. The van der Waals surface area contributed by atoms with E-state index in [9.17, 15) is 14.3 Å². The first-order valence-corrected chi connectivity index (χ1v) is 7.54. The molecule has 0 aliphatic rings. The Morgan fingerprint density at radius 3 is 2.50 bits per heavy atom. The molecule has 2 rings (SSSR count). The molecular weight excluding hydrogens is 311 g/mol. The molecule has 0 aliphatic heterocycles. The largest absolute Gasteiger partial charge is 0.497 e. The molecule has 128 valence electrons. The second-order valence-corrected chi connectivity index (χ2v) is 5.41. The fraction of sp³-hybridized carbons (Fsp3) is 0.278. The summed E-state index contributed by atoms with van der Waals surface area (Å²) in [5.74, 6) is -0.118. The van der Waals surface area contributed by atoms with Gasteiger partial charge in [-0.1, -0.05) is 24.3 Å². The summed E-state index contributed by atoms with van der Waals surface area (Å²) in [6, 6.07) is 12.9. The number of halogens is 1. The van der Waals surface area contributed by atoms with Gasteiger partial charge in [-0.15, -0.1) is 0 Å². The molecule has 0 aromatic heterocycles. The number of likely N-dealkylation sites (N-methyl/N-ethyl adjacent to an activating group) is 1. The van der Waals surface area contributed by atoms with Gasteiger partial charge >= 0.3 is 0 Å². The minimum Gasteiger partial charge on any atom is -0.497 e. The first-order chi connectivity index (χ1) is 11.5. The monoisotopic (exact) mass is 332 g/mol. The average molecular weight is 332 g/mol. The van der Waals surface area contributed by atoms with Crippen LogP contribution in [0.2, 0.25) is 0 Å². The number of nitrogens with one attached hydrogen (secondary N) is 1. The van der Waals surface area contributed by atoms with Crippen LogP contribution < -0.4 is 10.1 Å². The van der Waals surface area contributed by atoms with Crippen molar-refractivity contribution in [1.82, 2.24) is 4.90 Å². The summed E-state index contributed by atoms with van der Waals surface area (Å²) in [6.07, 6.45) is 0. The highest BCUT2D eigenvalue weighted by Crippen LogP contribution is 2.22. The van der Waals surface area contributed by atoms with E-state index in [2.05, 4.69) is 5.32 Å². The number of ether oxygens (including phenoxy) is 1. The zero-order valence-corrected chi connectivity index (χ0v) is 13.7. The highest BCUT2D eigenvalue weighted by Gasteiger charge is 2.19. The first kappa shape index (κ1) is 17.9. The van der Waals surface area contributed by atoms with E-state index in [1.165, 1.54) is 12.1 Å². The average Bonchev–Trinajstić information content (AvgIpc) is 2.58. The maximum absolute atomic E-state index is 13.6. The van der Waals surface area contributed by atoms with E-state index in [1.807, 2.05) is 12.1 Å². The fourth-order valence-corrected chi connectivity index (χ4v) is 2.41. The molecule has 6 heteroatoms. The maximum atomic E-state index is 13.6. The normalized spacial score (nSPS) is 12.0. The van der Waals surface area contributed by atoms with Gasteiger partial charge in [0, 0.05) is 0 Å². The lowest BCUT2D eigenvalue weighted by Gasteiger charge is -2.26. The Hall–Kier alpha value is -2.44. The number of amides is 1. The van der Waals surface area contributed by atoms with Gasteiger partial charge in [-0.25, -0.2) is 4.39 Å². The molecule has 1 unspecified atom stereocenters. The van der Waals surface area contributed by atoms with Crippen LogP contribution in [0.4, 0.5) is 10.1 Å². The number of methoxy groups -OCH3 is 1. The number of anilines is 1. The lowest BCUT2D eigenvalue weighted by Crippen LogP contribution is -2.35. The first-order valence-electron chi connectivity index (χ1n) is 7.54. The third-order valence-corrected chi connectivity index (χ3v) is 3.75. The number of aliphatic hydroxyl groups is 1. The molecule has 0 saturated heterocycles. The molecule has 0 radical (unpaired) electrons. The molecule has 2 aromatic rings. The van der Waals surface area contributed by atoms with Crippen molar-refractivity contribution in [2.24, 2.45) is 0 Å². The fourth-order valence-electron chi connectivity index (χ4n) is 2.41. The van der Waals surface area contributed by atoms with E-state index >= 15 is 0 Å². The quantitative estimate of drug-likeness (QED) is 0.817. The van der Waals surface area contributed by atoms with Crippen LogP contribution in [0.1, 0.15) is 11.6 Å². The minimum atomic E-state index is -0.484. The van der Waals surface area contributed by atoms with Gasteiger partial charge in [0.25, 0.3) is 0 Å². The van der Waals surface area contributed by atoms with Gasteiger partial charge in [0.05, 0.1) is 32.0 Å². The van der Waals surface area contributed by atoms with Crippen molar-refractivity contribution in [2.75, 3.05) is 32.6 Å². The number of para-hydroxylation sites is 1. The van der Waals surface area contributed by atoms with Gasteiger partial charge in [-0.2, -0.15) is 0 Å². The van der Waals surface area contributed by atoms with Crippen molar-refractivity contribution in [1.29, 1.82) is 0 Å². The lowest BCUT2D eigenvalue weighted by molar-refractivity contribution is -0.117. The molecule has 0 spiro atoms. The third kappa shape index (κ3) is 4.53. The van der Waals surface area contributed by atoms with Gasteiger partial charge in [-0.05, 0) is 36.9 Å². The number of benzene rings is 2. The summed E-state index contributed by atoms with van der Waals surface area (Å²) in [4.78, 5) is 13.8. The highest BCUT2D eigenvalue weighted by atomic mass is 19.1. The number of rotatable bonds is 7. The molecule has 0 heterocycles. The van der Waals surface area contributed by atoms with Gasteiger partial charge < -0.3 is 15.2 Å². The second-order valence-electron chi connectivity index (χ2n) is 5.41. The summed E-state index contributed by atoms with van der Waals surface area (Å²) in [7, 11) is 3.31. The predicted molar refractivity (Wildman–Crippen MR) is 90.5 cm³/mol. The Kier molecular flexibility index (Phi) is 6.28. The Bertz CT molecular complexity index is 676. The minimum absolute atomic E-state index is 0.0194. The summed E-state index contributed by atoms with van der Waals surface area (Å²) in [5.41, 5.74) is 1.00. The molecule has 2 aromatic carbocycles. The number of carbonyl (C=O) groups is 1. The van der Waals surface area contributed by atoms with Crippen LogP contribution in [-0.2, 0) is 4.79 Å². The number of nitrogens with zero attached hydrogens (tertiary/aromatic N) is 1. The summed E-state index contributed by atoms with van der Waals surface area (Å²) in [5, 5.41) is 12.2. The summed E-state index contributed by atoms with van der Waals surface area (Å²) < 4.78 is 18.7. The molecule has 1 amide bonds. The van der Waals surface area contributed by atoms with Crippen molar-refractivity contribution in [2.45, 2.75) is 6.04 Å². The molecule has 24 heavy (non-hydrogen) atoms. The van der Waals surface area contributed by atoms with Crippen molar-refractivity contribution in [3.8, 4) is 5.75 Å². The Morgan fingerprint density at radius 1 is 1.25 bits per heavy atom. The Morgan fingerprint density at radius 2 is 1.92 bits per heavy atom. The van der Waals surface area contributed by atoms with Crippen molar-refractivity contribution >= 4 is 11.6 Å². The molecule has 1 atom stereocenters. The van der Waals surface area contributed by atoms with E-state index in [0.29, 0.717) is 0 Å². The van der Waals surface area contributed by atoms with Crippen molar-refractivity contribution in [3.63, 3.8) is 0 Å². The van der Waals surface area contributed by atoms with E-state index in [1.54, 1.807) is 43.3 Å². The van der Waals surface area contributed by atoms with Crippen LogP contribution >= 0.6 is 0 Å². The van der Waals surface area contributed by atoms with Crippen LogP contribution in [0.15, 0.2) is 48.5 Å². The Balaban J connectivity index is 2.01. The third-order valence-electron chi connectivity index (χ3n) is 3.75. The molecule has 0 aliphatic carbocycles. The van der Waals surface area contributed by atoms with Crippen molar-refractivity contribution in [3.05, 3.63) is 59.9 Å². The predicted octanol–water partition coefficient (Wildman–Crippen LogP) is 2.44. The van der Waals surface area contributed by atoms with Crippen LogP contribution in [0.5, 0.6) is 5.75 Å². The molecule has 0 fully saturated rings. The van der Waals surface area contributed by atoms with Gasteiger partial charge in [0.1, 0.15) is 11.6 Å². The van der Waals surface area contributed by atoms with Gasteiger partial charge in [-0.3, -0.25) is 9.69 Å². The van der Waals surface area contributed by atoms with Gasteiger partial charge in [0.15, 0.2) is 0 Å². The highest BCUT2D eigenvalue weighted by molar-refractivity contribution is 5.92. The van der Waals surface area contributed by atoms with Crippen LogP contribution in [-0.4, -0.2) is 43.2 Å². The van der Waals surface area contributed by atoms with E-state index in [-0.39, 0.29) is 30.8 Å². The number of hydrogen-bond donors (Lipinski definition) is 2. The zero-order valence-electron chi connectivity index (χ0n) is 13.7. The summed E-state index contributed by atoms with van der Waals surface area (Å²) in [6.45, 7) is -0.124. The number of carbonyl (C=O) groups excluding carboxylic acids is 1. The van der Waals surface area contributed by atoms with Crippen LogP contribution in [0, 0.1) is 5.82 Å². The molecule has 2 N–H and O–H groups in total. The lowest BCUT2D eigenvalue weighted by atomic mass is 10.1. The zero-order chi connectivity index (χ0) is 17.5. The Labute approximate surface area is 140 Å². The number of hydrogen-bond acceptors (Lipinski definition) is 4. The van der Waals surface area contributed by atoms with Crippen LogP contribution in [0.3, 0.4) is 0 Å². The smallest absolute Gasteiger partial charge is 0.238 e. The second kappa shape index (κ2) is 8.42. The molecule has 0 saturated carbocycles. The maximum Gasteiger partial charge on any atom is 0.238 e. The van der Waals surface area contributed by atoms with Gasteiger partial charge in [0.2, 0.25) is 5.91 Å². The SMILES string of the molecule is COc1ccc(C(CO)N(C)CC(=O)Nc2ccccc2F)cc1. The standard InChI is InChI=1S/C18H21FN2O3/c1-21(11-18(23)20-16-6-4-3-5-15(16)19)17(12-22)13-7-9-14(24-2)10-8-13/h3-10,17,22H,11-12H2,1-2H3,(H,20,23). The van der Waals surface area contributed by atoms with Crippen LogP contribution in [0.25, 0.3) is 0 Å². The van der Waals surface area contributed by atoms with Crippen molar-refractivity contribution < 1.29 is 19.0 Å². The molecule has 0 bridgehead atoms. The van der Waals surface area contributed by atoms with E-state index < -0.39 is 5.82 Å². The number of aliphatic hydroxyl groups excluding tert-OH is 1. The molecular formula is C18H21FN2O3.